The second kappa shape index (κ2) is 4.94. The normalized spacial score (nSPS) is 18.4. The summed E-state index contributed by atoms with van der Waals surface area (Å²) in [6, 6.07) is 0. The van der Waals surface area contributed by atoms with Crippen molar-refractivity contribution in [1.29, 1.82) is 0 Å². The maximum Gasteiger partial charge on any atom is 0.228 e. The molecule has 0 aliphatic carbocycles. The van der Waals surface area contributed by atoms with Gasteiger partial charge in [-0.3, -0.25) is 9.69 Å². The van der Waals surface area contributed by atoms with E-state index in [4.69, 9.17) is 12.2 Å². The summed E-state index contributed by atoms with van der Waals surface area (Å²) in [5.74, 6) is 1.32. The Hall–Kier alpha value is -0.350. The number of nitrogens with zero attached hydrogens (tertiary/aromatic N) is 1. The van der Waals surface area contributed by atoms with Crippen LogP contribution in [0.5, 0.6) is 0 Å². The van der Waals surface area contributed by atoms with Crippen LogP contribution in [0.3, 0.4) is 0 Å². The van der Waals surface area contributed by atoms with Crippen LogP contribution in [0, 0.1) is 5.92 Å². The first-order chi connectivity index (χ1) is 6.52. The maximum absolute atomic E-state index is 11.8. The van der Waals surface area contributed by atoms with Crippen molar-refractivity contribution in [2.24, 2.45) is 5.92 Å². The number of carbonyl (C=O) groups excluding carboxylic acids is 1. The molecule has 14 heavy (non-hydrogen) atoms. The van der Waals surface area contributed by atoms with Crippen molar-refractivity contribution >= 4 is 34.2 Å². The highest BCUT2D eigenvalue weighted by Crippen LogP contribution is 2.21. The van der Waals surface area contributed by atoms with Crippen molar-refractivity contribution in [3.8, 4) is 0 Å². The van der Waals surface area contributed by atoms with Crippen molar-refractivity contribution in [2.45, 2.75) is 20.3 Å². The molecule has 0 unspecified atom stereocenters. The molecule has 1 rings (SSSR count). The molecule has 1 aliphatic heterocycles. The number of carbonyl (C=O) groups is 1. The number of rotatable bonds is 3. The van der Waals surface area contributed by atoms with E-state index in [1.54, 1.807) is 16.7 Å². The summed E-state index contributed by atoms with van der Waals surface area (Å²) in [6.45, 7) is 8.59. The summed E-state index contributed by atoms with van der Waals surface area (Å²) in [6.07, 6.45) is 0.524. The number of hydrogen-bond donors (Lipinski definition) is 0. The predicted octanol–water partition coefficient (Wildman–Crippen LogP) is 2.45. The van der Waals surface area contributed by atoms with Gasteiger partial charge in [0.1, 0.15) is 4.32 Å². The first-order valence-corrected chi connectivity index (χ1v) is 6.04. The lowest BCUT2D eigenvalue weighted by Crippen LogP contribution is -2.31. The third-order valence-corrected chi connectivity index (χ3v) is 3.81. The third-order valence-electron chi connectivity index (χ3n) is 2.38. The van der Waals surface area contributed by atoms with Crippen LogP contribution in [-0.2, 0) is 4.79 Å². The van der Waals surface area contributed by atoms with Gasteiger partial charge in [-0.15, -0.1) is 0 Å². The van der Waals surface area contributed by atoms with E-state index in [-0.39, 0.29) is 11.8 Å². The number of thiocarbonyl (C=S) groups is 1. The fraction of sp³-hybridized carbons (Fsp3) is 0.600. The Labute approximate surface area is 94.7 Å². The summed E-state index contributed by atoms with van der Waals surface area (Å²) in [5, 5.41) is 0. The molecular weight excluding hydrogens is 214 g/mol. The molecular formula is C10H15NOS2. The van der Waals surface area contributed by atoms with Gasteiger partial charge in [-0.25, -0.2) is 0 Å². The van der Waals surface area contributed by atoms with Gasteiger partial charge in [0.15, 0.2) is 0 Å². The Morgan fingerprint density at radius 2 is 2.43 bits per heavy atom. The summed E-state index contributed by atoms with van der Waals surface area (Å²) in [4.78, 5) is 13.5. The zero-order valence-electron chi connectivity index (χ0n) is 8.58. The summed E-state index contributed by atoms with van der Waals surface area (Å²) < 4.78 is 0.726. The second-order valence-electron chi connectivity index (χ2n) is 3.61. The molecule has 0 aromatic carbocycles. The first-order valence-electron chi connectivity index (χ1n) is 4.65. The standard InChI is InChI=1S/C10H15NOS2/c1-7(2)8(3)6-9(12)11-4-5-14-10(11)13/h8H,1,4-6H2,2-3H3/t8-/m1/s1. The zero-order chi connectivity index (χ0) is 10.7. The molecule has 0 saturated carbocycles. The number of thioether (sulfide) groups is 1. The summed E-state index contributed by atoms with van der Waals surface area (Å²) in [5.41, 5.74) is 1.05. The van der Waals surface area contributed by atoms with Crippen LogP contribution in [0.15, 0.2) is 12.2 Å². The van der Waals surface area contributed by atoms with Gasteiger partial charge in [-0.05, 0) is 12.8 Å². The molecule has 2 nitrogen and oxygen atoms in total. The molecule has 0 spiro atoms. The van der Waals surface area contributed by atoms with E-state index in [0.717, 1.165) is 22.2 Å². The van der Waals surface area contributed by atoms with E-state index in [2.05, 4.69) is 6.58 Å². The fourth-order valence-corrected chi connectivity index (χ4v) is 2.41. The Bertz CT molecular complexity index is 275. The lowest BCUT2D eigenvalue weighted by atomic mass is 10.00. The number of hydrogen-bond acceptors (Lipinski definition) is 3. The zero-order valence-corrected chi connectivity index (χ0v) is 10.2. The van der Waals surface area contributed by atoms with E-state index in [9.17, 15) is 4.79 Å². The van der Waals surface area contributed by atoms with E-state index >= 15 is 0 Å². The van der Waals surface area contributed by atoms with Crippen LogP contribution in [0.4, 0.5) is 0 Å². The van der Waals surface area contributed by atoms with Gasteiger partial charge in [0.25, 0.3) is 0 Å². The topological polar surface area (TPSA) is 20.3 Å². The van der Waals surface area contributed by atoms with Gasteiger partial charge < -0.3 is 0 Å². The smallest absolute Gasteiger partial charge is 0.228 e. The highest BCUT2D eigenvalue weighted by atomic mass is 32.2. The lowest BCUT2D eigenvalue weighted by molar-refractivity contribution is -0.127. The summed E-state index contributed by atoms with van der Waals surface area (Å²) >= 11 is 6.66. The highest BCUT2D eigenvalue weighted by Gasteiger charge is 2.24. The van der Waals surface area contributed by atoms with Crippen molar-refractivity contribution < 1.29 is 4.79 Å². The quantitative estimate of drug-likeness (QED) is 0.548. The Morgan fingerprint density at radius 1 is 1.79 bits per heavy atom. The molecule has 0 radical (unpaired) electrons. The molecule has 0 bridgehead atoms. The SMILES string of the molecule is C=C(C)[C@H](C)CC(=O)N1CCSC1=S. The third kappa shape index (κ3) is 2.82. The molecule has 1 aliphatic rings. The molecule has 1 amide bonds. The van der Waals surface area contributed by atoms with E-state index in [1.807, 2.05) is 13.8 Å². The average molecular weight is 229 g/mol. The largest absolute Gasteiger partial charge is 0.297 e. The number of allylic oxidation sites excluding steroid dienone is 1. The molecule has 1 atom stereocenters. The van der Waals surface area contributed by atoms with Gasteiger partial charge in [-0.2, -0.15) is 0 Å². The van der Waals surface area contributed by atoms with Crippen molar-refractivity contribution in [1.82, 2.24) is 4.90 Å². The van der Waals surface area contributed by atoms with Gasteiger partial charge in [0, 0.05) is 18.7 Å². The monoisotopic (exact) mass is 229 g/mol. The van der Waals surface area contributed by atoms with Gasteiger partial charge in [0.05, 0.1) is 0 Å². The molecule has 1 fully saturated rings. The molecule has 1 saturated heterocycles. The average Bonchev–Trinajstić information content (AvgIpc) is 2.51. The molecule has 4 heteroatoms. The Morgan fingerprint density at radius 3 is 2.86 bits per heavy atom. The van der Waals surface area contributed by atoms with Gasteiger partial charge >= 0.3 is 0 Å². The second-order valence-corrected chi connectivity index (χ2v) is 5.34. The van der Waals surface area contributed by atoms with E-state index in [0.29, 0.717) is 6.42 Å². The van der Waals surface area contributed by atoms with E-state index < -0.39 is 0 Å². The van der Waals surface area contributed by atoms with E-state index in [1.165, 1.54) is 0 Å². The van der Waals surface area contributed by atoms with Gasteiger partial charge in [-0.1, -0.05) is 43.1 Å². The minimum Gasteiger partial charge on any atom is -0.297 e. The van der Waals surface area contributed by atoms with Crippen LogP contribution < -0.4 is 0 Å². The molecule has 0 N–H and O–H groups in total. The minimum atomic E-state index is 0.135. The van der Waals surface area contributed by atoms with Crippen LogP contribution in [0.25, 0.3) is 0 Å². The van der Waals surface area contributed by atoms with Crippen molar-refractivity contribution in [3.63, 3.8) is 0 Å². The predicted molar refractivity (Wildman–Crippen MR) is 65.4 cm³/mol. The maximum atomic E-state index is 11.8. The number of amides is 1. The Kier molecular flexibility index (Phi) is 4.13. The molecule has 78 valence electrons. The lowest BCUT2D eigenvalue weighted by Gasteiger charge is -2.17. The highest BCUT2D eigenvalue weighted by molar-refractivity contribution is 8.23. The minimum absolute atomic E-state index is 0.135. The van der Waals surface area contributed by atoms with Crippen LogP contribution >= 0.6 is 24.0 Å². The van der Waals surface area contributed by atoms with Crippen LogP contribution in [-0.4, -0.2) is 27.4 Å². The van der Waals surface area contributed by atoms with Crippen LogP contribution in [0.2, 0.25) is 0 Å². The van der Waals surface area contributed by atoms with Crippen molar-refractivity contribution in [3.05, 3.63) is 12.2 Å². The van der Waals surface area contributed by atoms with Crippen LogP contribution in [0.1, 0.15) is 20.3 Å². The fourth-order valence-electron chi connectivity index (χ4n) is 1.17. The molecule has 1 heterocycles. The van der Waals surface area contributed by atoms with Gasteiger partial charge in [0.2, 0.25) is 5.91 Å². The molecule has 0 aromatic rings. The summed E-state index contributed by atoms with van der Waals surface area (Å²) in [7, 11) is 0. The first kappa shape index (κ1) is 11.7. The van der Waals surface area contributed by atoms with Crippen molar-refractivity contribution in [2.75, 3.05) is 12.3 Å². The Balaban J connectivity index is 2.49. The molecule has 0 aromatic heterocycles.